The Labute approximate surface area is 143 Å². The van der Waals surface area contributed by atoms with Crippen molar-refractivity contribution in [3.63, 3.8) is 0 Å². The number of thiocarbonyl (C=S) groups is 1. The summed E-state index contributed by atoms with van der Waals surface area (Å²) in [7, 11) is 1.71. The van der Waals surface area contributed by atoms with Crippen LogP contribution < -0.4 is 0 Å². The summed E-state index contributed by atoms with van der Waals surface area (Å²) in [5.41, 5.74) is 0.725. The molecule has 1 saturated heterocycles. The SMILES string of the molecule is COC[C@H]1CCCN1C(=S)SCC(=O)c1ccc(Br)cc1. The van der Waals surface area contributed by atoms with Crippen LogP contribution in [0.1, 0.15) is 23.2 Å². The van der Waals surface area contributed by atoms with Crippen LogP contribution in [-0.4, -0.2) is 47.1 Å². The van der Waals surface area contributed by atoms with E-state index in [1.807, 2.05) is 24.3 Å². The fourth-order valence-electron chi connectivity index (χ4n) is 2.37. The van der Waals surface area contributed by atoms with Crippen molar-refractivity contribution in [1.82, 2.24) is 4.90 Å². The van der Waals surface area contributed by atoms with Gasteiger partial charge in [-0.25, -0.2) is 0 Å². The fourth-order valence-corrected chi connectivity index (χ4v) is 3.88. The van der Waals surface area contributed by atoms with E-state index in [-0.39, 0.29) is 5.78 Å². The number of hydrogen-bond acceptors (Lipinski definition) is 4. The number of hydrogen-bond donors (Lipinski definition) is 0. The molecule has 21 heavy (non-hydrogen) atoms. The van der Waals surface area contributed by atoms with Gasteiger partial charge in [0.2, 0.25) is 0 Å². The maximum atomic E-state index is 12.1. The Bertz CT molecular complexity index is 507. The first kappa shape index (κ1) is 16.9. The van der Waals surface area contributed by atoms with Crippen LogP contribution in [0.3, 0.4) is 0 Å². The third-order valence-corrected chi connectivity index (χ3v) is 5.47. The number of thioether (sulfide) groups is 1. The number of carbonyl (C=O) groups excluding carboxylic acids is 1. The molecule has 1 heterocycles. The smallest absolute Gasteiger partial charge is 0.173 e. The van der Waals surface area contributed by atoms with Crippen LogP contribution in [0.4, 0.5) is 0 Å². The summed E-state index contributed by atoms with van der Waals surface area (Å²) in [5.74, 6) is 0.494. The minimum atomic E-state index is 0.109. The van der Waals surface area contributed by atoms with Crippen LogP contribution in [-0.2, 0) is 4.74 Å². The van der Waals surface area contributed by atoms with Crippen LogP contribution in [0, 0.1) is 0 Å². The normalized spacial score (nSPS) is 18.0. The van der Waals surface area contributed by atoms with Crippen LogP contribution in [0.25, 0.3) is 0 Å². The molecule has 1 atom stereocenters. The maximum Gasteiger partial charge on any atom is 0.173 e. The zero-order valence-electron chi connectivity index (χ0n) is 11.9. The first-order valence-corrected chi connectivity index (χ1v) is 9.01. The molecule has 1 aromatic carbocycles. The van der Waals surface area contributed by atoms with Crippen molar-refractivity contribution in [2.75, 3.05) is 26.0 Å². The zero-order valence-corrected chi connectivity index (χ0v) is 15.1. The Kier molecular flexibility index (Phi) is 6.67. The molecule has 6 heteroatoms. The predicted octanol–water partition coefficient (Wildman–Crippen LogP) is 3.76. The largest absolute Gasteiger partial charge is 0.383 e. The van der Waals surface area contributed by atoms with Gasteiger partial charge in [-0.1, -0.05) is 52.0 Å². The number of nitrogens with zero attached hydrogens (tertiary/aromatic N) is 1. The third kappa shape index (κ3) is 4.77. The molecule has 1 aromatic rings. The number of benzene rings is 1. The minimum absolute atomic E-state index is 0.109. The summed E-state index contributed by atoms with van der Waals surface area (Å²) in [6.45, 7) is 1.66. The molecule has 0 radical (unpaired) electrons. The van der Waals surface area contributed by atoms with Crippen molar-refractivity contribution >= 4 is 50.0 Å². The lowest BCUT2D eigenvalue weighted by atomic mass is 10.2. The zero-order chi connectivity index (χ0) is 15.2. The highest BCUT2D eigenvalue weighted by molar-refractivity contribution is 9.10. The molecular weight excluding hydrogens is 370 g/mol. The van der Waals surface area contributed by atoms with E-state index in [0.29, 0.717) is 18.4 Å². The van der Waals surface area contributed by atoms with E-state index < -0.39 is 0 Å². The first-order chi connectivity index (χ1) is 10.1. The number of rotatable bonds is 5. The summed E-state index contributed by atoms with van der Waals surface area (Å²) < 4.78 is 7.01. The number of methoxy groups -OCH3 is 1. The van der Waals surface area contributed by atoms with Gasteiger partial charge in [-0.3, -0.25) is 4.79 Å². The van der Waals surface area contributed by atoms with Gasteiger partial charge in [-0.05, 0) is 25.0 Å². The lowest BCUT2D eigenvalue weighted by molar-refractivity contribution is 0.102. The van der Waals surface area contributed by atoms with Gasteiger partial charge < -0.3 is 9.64 Å². The molecule has 1 aliphatic rings. The van der Waals surface area contributed by atoms with E-state index in [4.69, 9.17) is 17.0 Å². The Morgan fingerprint density at radius 3 is 2.86 bits per heavy atom. The van der Waals surface area contributed by atoms with E-state index in [1.54, 1.807) is 7.11 Å². The molecule has 0 unspecified atom stereocenters. The monoisotopic (exact) mass is 387 g/mol. The van der Waals surface area contributed by atoms with Crippen LogP contribution in [0.2, 0.25) is 0 Å². The molecule has 0 N–H and O–H groups in total. The maximum absolute atomic E-state index is 12.1. The molecule has 2 rings (SSSR count). The number of carbonyl (C=O) groups is 1. The van der Waals surface area contributed by atoms with Crippen molar-refractivity contribution in [2.45, 2.75) is 18.9 Å². The number of likely N-dealkylation sites (tertiary alicyclic amines) is 1. The second-order valence-corrected chi connectivity index (χ2v) is 7.45. The van der Waals surface area contributed by atoms with Crippen LogP contribution >= 0.6 is 39.9 Å². The average molecular weight is 388 g/mol. The summed E-state index contributed by atoms with van der Waals surface area (Å²) in [5, 5.41) is 0. The fraction of sp³-hybridized carbons (Fsp3) is 0.467. The van der Waals surface area contributed by atoms with Crippen molar-refractivity contribution in [3.8, 4) is 0 Å². The minimum Gasteiger partial charge on any atom is -0.383 e. The molecule has 0 aromatic heterocycles. The van der Waals surface area contributed by atoms with Gasteiger partial charge >= 0.3 is 0 Å². The van der Waals surface area contributed by atoms with Gasteiger partial charge in [0.05, 0.1) is 18.4 Å². The standard InChI is InChI=1S/C15H18BrNO2S2/c1-19-9-13-3-2-8-17(13)15(20)21-10-14(18)11-4-6-12(16)7-5-11/h4-7,13H,2-3,8-10H2,1H3/t13-/m1/s1. The van der Waals surface area contributed by atoms with E-state index in [9.17, 15) is 4.79 Å². The van der Waals surface area contributed by atoms with Crippen molar-refractivity contribution in [3.05, 3.63) is 34.3 Å². The average Bonchev–Trinajstić information content (AvgIpc) is 2.94. The quantitative estimate of drug-likeness (QED) is 0.566. The van der Waals surface area contributed by atoms with Gasteiger partial charge in [0.15, 0.2) is 5.78 Å². The molecule has 0 bridgehead atoms. The molecule has 0 amide bonds. The molecule has 1 aliphatic heterocycles. The van der Waals surface area contributed by atoms with Crippen molar-refractivity contribution in [1.29, 1.82) is 0 Å². The summed E-state index contributed by atoms with van der Waals surface area (Å²) >= 11 is 10.3. The Hall–Kier alpha value is -0.430. The lowest BCUT2D eigenvalue weighted by Crippen LogP contribution is -2.35. The van der Waals surface area contributed by atoms with Crippen LogP contribution in [0.15, 0.2) is 28.7 Å². The molecular formula is C15H18BrNO2S2. The topological polar surface area (TPSA) is 29.5 Å². The van der Waals surface area contributed by atoms with E-state index in [0.717, 1.165) is 33.7 Å². The van der Waals surface area contributed by atoms with Gasteiger partial charge in [-0.15, -0.1) is 0 Å². The molecule has 0 saturated carbocycles. The number of Topliss-reactive ketones (excluding diaryl/α,β-unsaturated/α-hetero) is 1. The summed E-state index contributed by atoms with van der Waals surface area (Å²) in [6, 6.07) is 7.79. The molecule has 0 spiro atoms. The Morgan fingerprint density at radius 2 is 2.19 bits per heavy atom. The second-order valence-electron chi connectivity index (χ2n) is 4.93. The third-order valence-electron chi connectivity index (χ3n) is 3.46. The van der Waals surface area contributed by atoms with Crippen molar-refractivity contribution in [2.24, 2.45) is 0 Å². The highest BCUT2D eigenvalue weighted by Gasteiger charge is 2.26. The second kappa shape index (κ2) is 8.27. The summed E-state index contributed by atoms with van der Waals surface area (Å²) in [4.78, 5) is 14.3. The van der Waals surface area contributed by atoms with Crippen molar-refractivity contribution < 1.29 is 9.53 Å². The highest BCUT2D eigenvalue weighted by atomic mass is 79.9. The lowest BCUT2D eigenvalue weighted by Gasteiger charge is -2.25. The molecule has 0 aliphatic carbocycles. The highest BCUT2D eigenvalue weighted by Crippen LogP contribution is 2.23. The molecule has 3 nitrogen and oxygen atoms in total. The van der Waals surface area contributed by atoms with Gasteiger partial charge in [0, 0.05) is 23.7 Å². The van der Waals surface area contributed by atoms with Gasteiger partial charge in [-0.2, -0.15) is 0 Å². The first-order valence-electron chi connectivity index (χ1n) is 6.83. The number of ether oxygens (including phenoxy) is 1. The Morgan fingerprint density at radius 1 is 1.48 bits per heavy atom. The number of ketones is 1. The van der Waals surface area contributed by atoms with E-state index in [2.05, 4.69) is 20.8 Å². The van der Waals surface area contributed by atoms with E-state index >= 15 is 0 Å². The molecule has 114 valence electrons. The Balaban J connectivity index is 1.86. The van der Waals surface area contributed by atoms with Gasteiger partial charge in [0.25, 0.3) is 0 Å². The molecule has 1 fully saturated rings. The van der Waals surface area contributed by atoms with Crippen LogP contribution in [0.5, 0.6) is 0 Å². The summed E-state index contributed by atoms with van der Waals surface area (Å²) in [6.07, 6.45) is 2.24. The van der Waals surface area contributed by atoms with E-state index in [1.165, 1.54) is 11.8 Å². The number of halogens is 1. The van der Waals surface area contributed by atoms with Gasteiger partial charge in [0.1, 0.15) is 4.32 Å². The predicted molar refractivity (Wildman–Crippen MR) is 95.1 cm³/mol.